The van der Waals surface area contributed by atoms with E-state index in [4.69, 9.17) is 9.63 Å². The van der Waals surface area contributed by atoms with Crippen LogP contribution in [0.15, 0.2) is 10.7 Å². The molecule has 0 spiro atoms. The number of aliphatic hydroxyl groups excluding tert-OH is 1. The van der Waals surface area contributed by atoms with E-state index in [-0.39, 0.29) is 23.7 Å². The van der Waals surface area contributed by atoms with Crippen LogP contribution >= 0.6 is 0 Å². The first kappa shape index (κ1) is 11.1. The van der Waals surface area contributed by atoms with E-state index in [2.05, 4.69) is 10.5 Å². The molecule has 1 saturated carbocycles. The molecule has 2 rings (SSSR count). The molecule has 1 aliphatic rings. The number of hydrogen-bond donors (Lipinski definition) is 2. The highest BCUT2D eigenvalue weighted by molar-refractivity contribution is 5.92. The van der Waals surface area contributed by atoms with E-state index >= 15 is 0 Å². The topological polar surface area (TPSA) is 75.4 Å². The highest BCUT2D eigenvalue weighted by Crippen LogP contribution is 2.47. The fourth-order valence-corrected chi connectivity index (χ4v) is 1.79. The lowest BCUT2D eigenvalue weighted by atomic mass is 10.0. The molecule has 1 aliphatic carbocycles. The van der Waals surface area contributed by atoms with E-state index < -0.39 is 0 Å². The predicted octanol–water partition coefficient (Wildman–Crippen LogP) is 0.875. The van der Waals surface area contributed by atoms with Gasteiger partial charge in [0.05, 0.1) is 6.20 Å². The minimum Gasteiger partial charge on any atom is -0.396 e. The molecule has 0 unspecified atom stereocenters. The van der Waals surface area contributed by atoms with Gasteiger partial charge in [-0.3, -0.25) is 4.79 Å². The number of amides is 1. The van der Waals surface area contributed by atoms with Crippen LogP contribution < -0.4 is 5.32 Å². The van der Waals surface area contributed by atoms with Crippen molar-refractivity contribution >= 4 is 5.91 Å². The summed E-state index contributed by atoms with van der Waals surface area (Å²) < 4.78 is 4.86. The van der Waals surface area contributed by atoms with E-state index in [0.29, 0.717) is 6.54 Å². The third-order valence-electron chi connectivity index (χ3n) is 3.18. The lowest BCUT2D eigenvalue weighted by Gasteiger charge is -2.13. The van der Waals surface area contributed by atoms with E-state index in [9.17, 15) is 4.79 Å². The molecule has 0 atom stereocenters. The standard InChI is InChI=1S/C11H16N2O3/c1-8-6-13-16-9(8)10(15)12-7-11(2-3-11)4-5-14/h6,14H,2-5,7H2,1H3,(H,12,15). The van der Waals surface area contributed by atoms with Crippen LogP contribution in [0.3, 0.4) is 0 Å². The Bertz CT molecular complexity index is 382. The van der Waals surface area contributed by atoms with E-state index in [1.807, 2.05) is 0 Å². The van der Waals surface area contributed by atoms with E-state index in [0.717, 1.165) is 24.8 Å². The molecule has 1 amide bonds. The molecule has 0 saturated heterocycles. The summed E-state index contributed by atoms with van der Waals surface area (Å²) in [6.45, 7) is 2.57. The zero-order valence-corrected chi connectivity index (χ0v) is 9.32. The Morgan fingerprint density at radius 2 is 2.44 bits per heavy atom. The Kier molecular flexibility index (Phi) is 2.96. The SMILES string of the molecule is Cc1cnoc1C(=O)NCC1(CCO)CC1. The predicted molar refractivity (Wildman–Crippen MR) is 56.9 cm³/mol. The van der Waals surface area contributed by atoms with Gasteiger partial charge in [0, 0.05) is 18.7 Å². The molecule has 2 N–H and O–H groups in total. The summed E-state index contributed by atoms with van der Waals surface area (Å²) in [6.07, 6.45) is 4.42. The van der Waals surface area contributed by atoms with Gasteiger partial charge in [-0.2, -0.15) is 0 Å². The number of rotatable bonds is 5. The van der Waals surface area contributed by atoms with E-state index in [1.165, 1.54) is 6.20 Å². The molecule has 1 aromatic rings. The van der Waals surface area contributed by atoms with Crippen LogP contribution in [0.4, 0.5) is 0 Å². The van der Waals surface area contributed by atoms with Crippen LogP contribution in [0.25, 0.3) is 0 Å². The molecule has 0 radical (unpaired) electrons. The molecule has 1 heterocycles. The zero-order valence-electron chi connectivity index (χ0n) is 9.32. The van der Waals surface area contributed by atoms with Gasteiger partial charge in [-0.25, -0.2) is 0 Å². The van der Waals surface area contributed by atoms with Gasteiger partial charge >= 0.3 is 0 Å². The van der Waals surface area contributed by atoms with Gasteiger partial charge in [0.1, 0.15) is 0 Å². The molecular formula is C11H16N2O3. The van der Waals surface area contributed by atoms with Crippen molar-refractivity contribution in [1.82, 2.24) is 10.5 Å². The Morgan fingerprint density at radius 1 is 1.69 bits per heavy atom. The van der Waals surface area contributed by atoms with Crippen LogP contribution in [0.1, 0.15) is 35.4 Å². The van der Waals surface area contributed by atoms with Gasteiger partial charge in [0.2, 0.25) is 5.76 Å². The van der Waals surface area contributed by atoms with Crippen molar-refractivity contribution in [3.05, 3.63) is 17.5 Å². The summed E-state index contributed by atoms with van der Waals surface area (Å²) in [5.41, 5.74) is 0.864. The summed E-state index contributed by atoms with van der Waals surface area (Å²) in [6, 6.07) is 0. The average Bonchev–Trinajstić information content (AvgIpc) is 2.89. The van der Waals surface area contributed by atoms with Crippen molar-refractivity contribution in [3.8, 4) is 0 Å². The second-order valence-corrected chi connectivity index (χ2v) is 4.49. The quantitative estimate of drug-likeness (QED) is 0.778. The second kappa shape index (κ2) is 4.25. The summed E-state index contributed by atoms with van der Waals surface area (Å²) in [5, 5.41) is 15.3. The molecule has 5 heteroatoms. The lowest BCUT2D eigenvalue weighted by Crippen LogP contribution is -2.30. The first-order valence-corrected chi connectivity index (χ1v) is 5.47. The van der Waals surface area contributed by atoms with Crippen molar-refractivity contribution in [2.45, 2.75) is 26.2 Å². The van der Waals surface area contributed by atoms with Gasteiger partial charge in [-0.1, -0.05) is 5.16 Å². The van der Waals surface area contributed by atoms with Gasteiger partial charge in [-0.15, -0.1) is 0 Å². The van der Waals surface area contributed by atoms with Crippen molar-refractivity contribution in [2.75, 3.05) is 13.2 Å². The van der Waals surface area contributed by atoms with Crippen LogP contribution in [0.2, 0.25) is 0 Å². The number of nitrogens with one attached hydrogen (secondary N) is 1. The lowest BCUT2D eigenvalue weighted by molar-refractivity contribution is 0.0903. The Morgan fingerprint density at radius 3 is 2.94 bits per heavy atom. The van der Waals surface area contributed by atoms with Gasteiger partial charge in [-0.05, 0) is 31.6 Å². The highest BCUT2D eigenvalue weighted by Gasteiger charge is 2.42. The number of aryl methyl sites for hydroxylation is 1. The monoisotopic (exact) mass is 224 g/mol. The first-order chi connectivity index (χ1) is 7.67. The third-order valence-corrected chi connectivity index (χ3v) is 3.18. The normalized spacial score (nSPS) is 17.1. The molecule has 0 aliphatic heterocycles. The fraction of sp³-hybridized carbons (Fsp3) is 0.636. The Balaban J connectivity index is 1.87. The molecule has 0 bridgehead atoms. The summed E-state index contributed by atoms with van der Waals surface area (Å²) in [4.78, 5) is 11.7. The summed E-state index contributed by atoms with van der Waals surface area (Å²) in [5.74, 6) is 0.0546. The number of carbonyl (C=O) groups is 1. The largest absolute Gasteiger partial charge is 0.396 e. The van der Waals surface area contributed by atoms with Crippen LogP contribution in [-0.4, -0.2) is 29.3 Å². The molecule has 0 aromatic carbocycles. The number of aromatic nitrogens is 1. The van der Waals surface area contributed by atoms with Crippen LogP contribution in [-0.2, 0) is 0 Å². The summed E-state index contributed by atoms with van der Waals surface area (Å²) in [7, 11) is 0. The molecule has 16 heavy (non-hydrogen) atoms. The Hall–Kier alpha value is -1.36. The van der Waals surface area contributed by atoms with E-state index in [1.54, 1.807) is 6.92 Å². The van der Waals surface area contributed by atoms with Gasteiger partial charge in [0.25, 0.3) is 5.91 Å². The maximum absolute atomic E-state index is 11.7. The average molecular weight is 224 g/mol. The fourth-order valence-electron chi connectivity index (χ4n) is 1.79. The molecule has 1 aromatic heterocycles. The minimum atomic E-state index is -0.223. The van der Waals surface area contributed by atoms with Crippen molar-refractivity contribution < 1.29 is 14.4 Å². The molecule has 5 nitrogen and oxygen atoms in total. The minimum absolute atomic E-state index is 0.123. The smallest absolute Gasteiger partial charge is 0.290 e. The van der Waals surface area contributed by atoms with Gasteiger partial charge in [0.15, 0.2) is 0 Å². The molecule has 1 fully saturated rings. The summed E-state index contributed by atoms with van der Waals surface area (Å²) >= 11 is 0. The maximum Gasteiger partial charge on any atom is 0.290 e. The van der Waals surface area contributed by atoms with Crippen molar-refractivity contribution in [1.29, 1.82) is 0 Å². The molecular weight excluding hydrogens is 208 g/mol. The van der Waals surface area contributed by atoms with Crippen LogP contribution in [0, 0.1) is 12.3 Å². The van der Waals surface area contributed by atoms with Crippen LogP contribution in [0.5, 0.6) is 0 Å². The number of hydrogen-bond acceptors (Lipinski definition) is 4. The number of carbonyl (C=O) groups excluding carboxylic acids is 1. The number of nitrogens with zero attached hydrogens (tertiary/aromatic N) is 1. The van der Waals surface area contributed by atoms with Crippen molar-refractivity contribution in [3.63, 3.8) is 0 Å². The third kappa shape index (κ3) is 2.24. The molecule has 88 valence electrons. The van der Waals surface area contributed by atoms with Crippen molar-refractivity contribution in [2.24, 2.45) is 5.41 Å². The second-order valence-electron chi connectivity index (χ2n) is 4.49. The highest BCUT2D eigenvalue weighted by atomic mass is 16.5. The maximum atomic E-state index is 11.7. The zero-order chi connectivity index (χ0) is 11.6. The number of aliphatic hydroxyl groups is 1. The van der Waals surface area contributed by atoms with Gasteiger partial charge < -0.3 is 14.9 Å². The first-order valence-electron chi connectivity index (χ1n) is 5.47. The Labute approximate surface area is 93.8 Å².